The van der Waals surface area contributed by atoms with Crippen molar-refractivity contribution in [3.63, 3.8) is 0 Å². The number of sulfonamides is 1. The van der Waals surface area contributed by atoms with E-state index in [1.165, 1.54) is 13.0 Å². The highest BCUT2D eigenvalue weighted by Crippen LogP contribution is 2.38. The number of thiazole rings is 1. The smallest absolute Gasteiger partial charge is 0.291 e. The van der Waals surface area contributed by atoms with E-state index in [-0.39, 0.29) is 23.2 Å². The molecule has 1 atom stereocenters. The molecule has 0 saturated carbocycles. The van der Waals surface area contributed by atoms with Gasteiger partial charge in [-0.15, -0.1) is 11.3 Å². The molecule has 5 nitrogen and oxygen atoms in total. The first kappa shape index (κ1) is 23.5. The molecule has 0 fully saturated rings. The van der Waals surface area contributed by atoms with Crippen molar-refractivity contribution in [2.24, 2.45) is 0 Å². The van der Waals surface area contributed by atoms with Crippen molar-refractivity contribution in [3.05, 3.63) is 69.2 Å². The van der Waals surface area contributed by atoms with Crippen molar-refractivity contribution in [3.8, 4) is 5.75 Å². The Hall–Kier alpha value is -2.16. The van der Waals surface area contributed by atoms with Crippen molar-refractivity contribution >= 4 is 38.6 Å². The van der Waals surface area contributed by atoms with Crippen LogP contribution in [0.2, 0.25) is 5.02 Å². The van der Waals surface area contributed by atoms with E-state index in [1.807, 2.05) is 31.2 Å². The fraction of sp³-hybridized carbons (Fsp3) is 0.318. The van der Waals surface area contributed by atoms with Crippen LogP contribution in [0.25, 0.3) is 0 Å². The second-order valence-electron chi connectivity index (χ2n) is 7.42. The Bertz CT molecular complexity index is 1160. The van der Waals surface area contributed by atoms with Crippen LogP contribution in [-0.4, -0.2) is 26.1 Å². The minimum Gasteiger partial charge on any atom is -0.487 e. The molecule has 0 radical (unpaired) electrons. The van der Waals surface area contributed by atoms with Gasteiger partial charge in [0.05, 0.1) is 12.2 Å². The van der Waals surface area contributed by atoms with Gasteiger partial charge >= 0.3 is 0 Å². The van der Waals surface area contributed by atoms with Crippen LogP contribution in [0.4, 0.5) is 10.1 Å². The SMILES string of the molecule is Cc1ccc(COc2cc(C)c(Cl)cc2N(CC(C)F)S(=O)(=O)c2nc(C)cs2)cc1. The summed E-state index contributed by atoms with van der Waals surface area (Å²) >= 11 is 7.31. The average Bonchev–Trinajstić information content (AvgIpc) is 3.15. The molecule has 1 aromatic heterocycles. The van der Waals surface area contributed by atoms with E-state index >= 15 is 0 Å². The van der Waals surface area contributed by atoms with Crippen LogP contribution < -0.4 is 9.04 Å². The number of hydrogen-bond acceptors (Lipinski definition) is 5. The monoisotopic (exact) mass is 482 g/mol. The largest absolute Gasteiger partial charge is 0.487 e. The molecule has 166 valence electrons. The van der Waals surface area contributed by atoms with Crippen LogP contribution in [0.3, 0.4) is 0 Å². The first-order valence-electron chi connectivity index (χ1n) is 9.65. The minimum atomic E-state index is -4.11. The standard InChI is InChI=1S/C22H24ClFN2O3S2/c1-14-5-7-18(8-6-14)12-29-21-9-15(2)19(23)10-20(21)26(11-16(3)24)31(27,28)22-25-17(4)13-30-22/h5-10,13,16H,11-12H2,1-4H3. The lowest BCUT2D eigenvalue weighted by Crippen LogP contribution is -2.36. The highest BCUT2D eigenvalue weighted by Gasteiger charge is 2.32. The predicted molar refractivity (Wildman–Crippen MR) is 124 cm³/mol. The highest BCUT2D eigenvalue weighted by atomic mass is 35.5. The van der Waals surface area contributed by atoms with Crippen LogP contribution in [0.15, 0.2) is 46.1 Å². The second-order valence-corrected chi connectivity index (χ2v) is 10.7. The summed E-state index contributed by atoms with van der Waals surface area (Å²) in [6.07, 6.45) is -1.42. The van der Waals surface area contributed by atoms with Gasteiger partial charge in [0, 0.05) is 16.1 Å². The van der Waals surface area contributed by atoms with Gasteiger partial charge < -0.3 is 4.74 Å². The van der Waals surface area contributed by atoms with Crippen molar-refractivity contribution in [2.45, 2.75) is 44.8 Å². The second kappa shape index (κ2) is 9.54. The molecule has 1 heterocycles. The number of rotatable bonds is 8. The van der Waals surface area contributed by atoms with Gasteiger partial charge in [-0.1, -0.05) is 41.4 Å². The highest BCUT2D eigenvalue weighted by molar-refractivity contribution is 7.94. The summed E-state index contributed by atoms with van der Waals surface area (Å²) in [4.78, 5) is 4.10. The van der Waals surface area contributed by atoms with E-state index in [0.717, 1.165) is 32.3 Å². The third-order valence-electron chi connectivity index (χ3n) is 4.55. The third kappa shape index (κ3) is 5.56. The fourth-order valence-corrected chi connectivity index (χ4v) is 5.73. The van der Waals surface area contributed by atoms with E-state index in [4.69, 9.17) is 16.3 Å². The van der Waals surface area contributed by atoms with Gasteiger partial charge in [-0.3, -0.25) is 4.31 Å². The summed E-state index contributed by atoms with van der Waals surface area (Å²) in [5.41, 5.74) is 3.53. The number of nitrogens with zero attached hydrogens (tertiary/aromatic N) is 2. The zero-order valence-corrected chi connectivity index (χ0v) is 20.1. The Balaban J connectivity index is 2.05. The Labute approximate surface area is 191 Å². The lowest BCUT2D eigenvalue weighted by Gasteiger charge is -2.26. The van der Waals surface area contributed by atoms with Gasteiger partial charge in [-0.25, -0.2) is 9.37 Å². The molecule has 0 spiro atoms. The van der Waals surface area contributed by atoms with Crippen molar-refractivity contribution < 1.29 is 17.5 Å². The van der Waals surface area contributed by atoms with Gasteiger partial charge in [-0.2, -0.15) is 8.42 Å². The number of aryl methyl sites for hydroxylation is 3. The summed E-state index contributed by atoms with van der Waals surface area (Å²) in [7, 11) is -4.11. The molecule has 0 aliphatic carbocycles. The number of halogens is 2. The predicted octanol–water partition coefficient (Wildman–Crippen LogP) is 5.85. The summed E-state index contributed by atoms with van der Waals surface area (Å²) < 4.78 is 47.7. The van der Waals surface area contributed by atoms with E-state index in [0.29, 0.717) is 16.5 Å². The van der Waals surface area contributed by atoms with Crippen LogP contribution in [-0.2, 0) is 16.6 Å². The van der Waals surface area contributed by atoms with Gasteiger partial charge in [0.2, 0.25) is 4.34 Å². The zero-order valence-electron chi connectivity index (χ0n) is 17.7. The first-order valence-corrected chi connectivity index (χ1v) is 12.3. The Kier molecular flexibility index (Phi) is 7.24. The van der Waals surface area contributed by atoms with Crippen LogP contribution in [0.1, 0.15) is 29.3 Å². The summed E-state index contributed by atoms with van der Waals surface area (Å²) in [6.45, 7) is 6.64. The minimum absolute atomic E-state index is 0.105. The van der Waals surface area contributed by atoms with Crippen molar-refractivity contribution in [1.82, 2.24) is 4.98 Å². The molecule has 0 N–H and O–H groups in total. The maximum Gasteiger partial charge on any atom is 0.291 e. The maximum atomic E-state index is 14.1. The molecule has 0 bridgehead atoms. The summed E-state index contributed by atoms with van der Waals surface area (Å²) in [5, 5.41) is 2.00. The molecule has 0 amide bonds. The Morgan fingerprint density at radius 3 is 2.45 bits per heavy atom. The number of hydrogen-bond donors (Lipinski definition) is 0. The van der Waals surface area contributed by atoms with Crippen molar-refractivity contribution in [1.29, 1.82) is 0 Å². The molecule has 0 saturated heterocycles. The Morgan fingerprint density at radius 1 is 1.19 bits per heavy atom. The van der Waals surface area contributed by atoms with Gasteiger partial charge in [0.25, 0.3) is 10.0 Å². The molecule has 0 aliphatic rings. The van der Waals surface area contributed by atoms with E-state index < -0.39 is 16.2 Å². The molecular weight excluding hydrogens is 459 g/mol. The number of benzene rings is 2. The Morgan fingerprint density at radius 2 is 1.87 bits per heavy atom. The van der Waals surface area contributed by atoms with E-state index in [9.17, 15) is 12.8 Å². The molecular formula is C22H24ClFN2O3S2. The number of ether oxygens (including phenoxy) is 1. The number of alkyl halides is 1. The molecule has 3 rings (SSSR count). The molecule has 1 unspecified atom stereocenters. The van der Waals surface area contributed by atoms with E-state index in [2.05, 4.69) is 4.98 Å². The lowest BCUT2D eigenvalue weighted by atomic mass is 10.1. The lowest BCUT2D eigenvalue weighted by molar-refractivity contribution is 0.306. The van der Waals surface area contributed by atoms with Gasteiger partial charge in [0.1, 0.15) is 18.5 Å². The normalized spacial score (nSPS) is 12.6. The van der Waals surface area contributed by atoms with E-state index in [1.54, 1.807) is 25.3 Å². The van der Waals surface area contributed by atoms with Gasteiger partial charge in [-0.05, 0) is 51.0 Å². The van der Waals surface area contributed by atoms with Crippen LogP contribution in [0.5, 0.6) is 5.75 Å². The molecule has 3 aromatic rings. The van der Waals surface area contributed by atoms with Crippen LogP contribution in [0, 0.1) is 20.8 Å². The maximum absolute atomic E-state index is 14.1. The number of aromatic nitrogens is 1. The summed E-state index contributed by atoms with van der Waals surface area (Å²) in [6, 6.07) is 11.0. The molecule has 31 heavy (non-hydrogen) atoms. The van der Waals surface area contributed by atoms with Gasteiger partial charge in [0.15, 0.2) is 0 Å². The topological polar surface area (TPSA) is 59.5 Å². The number of anilines is 1. The quantitative estimate of drug-likeness (QED) is 0.404. The summed E-state index contributed by atoms with van der Waals surface area (Å²) in [5.74, 6) is 0.306. The first-order chi connectivity index (χ1) is 14.6. The van der Waals surface area contributed by atoms with Crippen molar-refractivity contribution in [2.75, 3.05) is 10.8 Å². The zero-order chi connectivity index (χ0) is 22.8. The third-order valence-corrected chi connectivity index (χ3v) is 8.09. The molecule has 9 heteroatoms. The molecule has 0 aliphatic heterocycles. The average molecular weight is 483 g/mol. The molecule has 2 aromatic carbocycles. The van der Waals surface area contributed by atoms with Crippen LogP contribution >= 0.6 is 22.9 Å². The fourth-order valence-electron chi connectivity index (χ4n) is 2.90.